The predicted molar refractivity (Wildman–Crippen MR) is 74.6 cm³/mol. The first-order valence-electron chi connectivity index (χ1n) is 7.47. The van der Waals surface area contributed by atoms with Crippen LogP contribution in [-0.2, 0) is 0 Å². The van der Waals surface area contributed by atoms with E-state index in [9.17, 15) is 0 Å². The van der Waals surface area contributed by atoms with Crippen molar-refractivity contribution in [3.63, 3.8) is 0 Å². The molecule has 2 fully saturated rings. The molecule has 0 aromatic carbocycles. The Kier molecular flexibility index (Phi) is 5.01. The molecule has 0 spiro atoms. The molecule has 0 aromatic rings. The molecule has 0 radical (unpaired) electrons. The Morgan fingerprint density at radius 2 is 1.78 bits per heavy atom. The van der Waals surface area contributed by atoms with Crippen LogP contribution in [0.1, 0.15) is 39.0 Å². The molecule has 0 bridgehead atoms. The zero-order valence-corrected chi connectivity index (χ0v) is 11.8. The van der Waals surface area contributed by atoms with E-state index in [1.54, 1.807) is 0 Å². The molecule has 4 nitrogen and oxygen atoms in total. The van der Waals surface area contributed by atoms with Gasteiger partial charge in [-0.25, -0.2) is 0 Å². The van der Waals surface area contributed by atoms with Gasteiger partial charge >= 0.3 is 0 Å². The van der Waals surface area contributed by atoms with E-state index in [1.807, 2.05) is 6.92 Å². The van der Waals surface area contributed by atoms with Crippen LogP contribution in [0.25, 0.3) is 0 Å². The fourth-order valence-corrected chi connectivity index (χ4v) is 3.11. The lowest BCUT2D eigenvalue weighted by Crippen LogP contribution is -2.51. The molecule has 1 heterocycles. The van der Waals surface area contributed by atoms with Crippen molar-refractivity contribution in [3.8, 4) is 0 Å². The minimum atomic E-state index is -0.414. The van der Waals surface area contributed by atoms with Crippen molar-refractivity contribution in [3.05, 3.63) is 0 Å². The first kappa shape index (κ1) is 14.3. The summed E-state index contributed by atoms with van der Waals surface area (Å²) < 4.78 is 0. The Bertz CT molecular complexity index is 243. The van der Waals surface area contributed by atoms with Gasteiger partial charge in [-0.2, -0.15) is 0 Å². The van der Waals surface area contributed by atoms with Crippen LogP contribution in [0.3, 0.4) is 0 Å². The normalized spacial score (nSPS) is 27.5. The highest BCUT2D eigenvalue weighted by Crippen LogP contribution is 2.24. The Balaban J connectivity index is 1.67. The molecule has 0 aromatic heterocycles. The molecule has 1 saturated heterocycles. The van der Waals surface area contributed by atoms with Gasteiger partial charge in [0.05, 0.1) is 6.61 Å². The fraction of sp³-hybridized carbons (Fsp3) is 1.00. The molecule has 106 valence electrons. The highest BCUT2D eigenvalue weighted by Gasteiger charge is 2.26. The second-order valence-electron chi connectivity index (χ2n) is 6.38. The van der Waals surface area contributed by atoms with Gasteiger partial charge in [-0.05, 0) is 26.2 Å². The van der Waals surface area contributed by atoms with E-state index in [0.717, 1.165) is 32.1 Å². The summed E-state index contributed by atoms with van der Waals surface area (Å²) in [6.07, 6.45) is 6.55. The number of hydrogen-bond acceptors (Lipinski definition) is 4. The summed E-state index contributed by atoms with van der Waals surface area (Å²) >= 11 is 0. The van der Waals surface area contributed by atoms with E-state index in [0.29, 0.717) is 0 Å². The number of aliphatic hydroxyl groups excluding tert-OH is 1. The minimum Gasteiger partial charge on any atom is -0.394 e. The van der Waals surface area contributed by atoms with Gasteiger partial charge in [-0.1, -0.05) is 12.8 Å². The van der Waals surface area contributed by atoms with Gasteiger partial charge < -0.3 is 15.7 Å². The first-order valence-corrected chi connectivity index (χ1v) is 7.47. The lowest BCUT2D eigenvalue weighted by Gasteiger charge is -2.39. The van der Waals surface area contributed by atoms with Crippen molar-refractivity contribution in [2.45, 2.75) is 50.6 Å². The summed E-state index contributed by atoms with van der Waals surface area (Å²) in [6, 6.07) is 0.865. The van der Waals surface area contributed by atoms with Gasteiger partial charge in [0, 0.05) is 44.3 Å². The van der Waals surface area contributed by atoms with Crippen molar-refractivity contribution >= 4 is 0 Å². The standard InChI is InChI=1S/C14H29N3O/c1-14(15,12-18)6-7-16-8-10-17(11-9-16)13-4-2-3-5-13/h13,18H,2-12,15H2,1H3. The Labute approximate surface area is 111 Å². The smallest absolute Gasteiger partial charge is 0.0608 e. The summed E-state index contributed by atoms with van der Waals surface area (Å²) in [5.41, 5.74) is 5.56. The minimum absolute atomic E-state index is 0.0784. The van der Waals surface area contributed by atoms with Gasteiger partial charge in [0.25, 0.3) is 0 Å². The molecule has 2 aliphatic rings. The molecular formula is C14H29N3O. The van der Waals surface area contributed by atoms with E-state index < -0.39 is 5.54 Å². The second-order valence-corrected chi connectivity index (χ2v) is 6.38. The molecule has 18 heavy (non-hydrogen) atoms. The van der Waals surface area contributed by atoms with E-state index in [2.05, 4.69) is 9.80 Å². The monoisotopic (exact) mass is 255 g/mol. The maximum Gasteiger partial charge on any atom is 0.0608 e. The average molecular weight is 255 g/mol. The molecule has 2 rings (SSSR count). The number of aliphatic hydroxyl groups is 1. The maximum atomic E-state index is 9.16. The Morgan fingerprint density at radius 3 is 2.33 bits per heavy atom. The number of nitrogens with two attached hydrogens (primary N) is 1. The molecule has 1 aliphatic heterocycles. The van der Waals surface area contributed by atoms with Crippen molar-refractivity contribution in [1.82, 2.24) is 9.80 Å². The molecule has 1 unspecified atom stereocenters. The molecule has 0 amide bonds. The number of nitrogens with zero attached hydrogens (tertiary/aromatic N) is 2. The van der Waals surface area contributed by atoms with Crippen molar-refractivity contribution in [2.75, 3.05) is 39.3 Å². The summed E-state index contributed by atoms with van der Waals surface area (Å²) in [5.74, 6) is 0. The number of hydrogen-bond donors (Lipinski definition) is 2. The van der Waals surface area contributed by atoms with Crippen LogP contribution in [0.4, 0.5) is 0 Å². The molecule has 4 heteroatoms. The summed E-state index contributed by atoms with van der Waals surface area (Å²) in [5, 5.41) is 9.16. The average Bonchev–Trinajstić information content (AvgIpc) is 2.91. The highest BCUT2D eigenvalue weighted by molar-refractivity contribution is 4.84. The van der Waals surface area contributed by atoms with Crippen LogP contribution >= 0.6 is 0 Å². The van der Waals surface area contributed by atoms with Crippen LogP contribution < -0.4 is 5.73 Å². The van der Waals surface area contributed by atoms with Gasteiger partial charge in [-0.15, -0.1) is 0 Å². The van der Waals surface area contributed by atoms with E-state index in [-0.39, 0.29) is 6.61 Å². The zero-order valence-electron chi connectivity index (χ0n) is 11.8. The quantitative estimate of drug-likeness (QED) is 0.757. The summed E-state index contributed by atoms with van der Waals surface area (Å²) in [4.78, 5) is 5.17. The van der Waals surface area contributed by atoms with E-state index >= 15 is 0 Å². The molecule has 1 atom stereocenters. The van der Waals surface area contributed by atoms with Crippen LogP contribution in [0.15, 0.2) is 0 Å². The van der Waals surface area contributed by atoms with Crippen molar-refractivity contribution in [2.24, 2.45) is 5.73 Å². The van der Waals surface area contributed by atoms with Crippen LogP contribution in [0.2, 0.25) is 0 Å². The fourth-order valence-electron chi connectivity index (χ4n) is 3.11. The Morgan fingerprint density at radius 1 is 1.17 bits per heavy atom. The van der Waals surface area contributed by atoms with Crippen LogP contribution in [-0.4, -0.2) is 65.8 Å². The second kappa shape index (κ2) is 6.33. The number of piperazine rings is 1. The lowest BCUT2D eigenvalue weighted by molar-refractivity contribution is 0.0885. The largest absolute Gasteiger partial charge is 0.394 e. The topological polar surface area (TPSA) is 52.7 Å². The van der Waals surface area contributed by atoms with E-state index in [1.165, 1.54) is 38.8 Å². The third-order valence-electron chi connectivity index (χ3n) is 4.61. The SMILES string of the molecule is CC(N)(CO)CCN1CCN(C2CCCC2)CC1. The Hall–Kier alpha value is -0.160. The van der Waals surface area contributed by atoms with Crippen molar-refractivity contribution in [1.29, 1.82) is 0 Å². The van der Waals surface area contributed by atoms with Crippen LogP contribution in [0.5, 0.6) is 0 Å². The third-order valence-corrected chi connectivity index (χ3v) is 4.61. The zero-order chi connectivity index (χ0) is 13.0. The third kappa shape index (κ3) is 3.92. The predicted octanol–water partition coefficient (Wildman–Crippen LogP) is 0.646. The number of rotatable bonds is 5. The maximum absolute atomic E-state index is 9.16. The highest BCUT2D eigenvalue weighted by atomic mass is 16.3. The van der Waals surface area contributed by atoms with Gasteiger partial charge in [-0.3, -0.25) is 4.90 Å². The van der Waals surface area contributed by atoms with Gasteiger partial charge in [0.2, 0.25) is 0 Å². The molecular weight excluding hydrogens is 226 g/mol. The van der Waals surface area contributed by atoms with Crippen LogP contribution in [0, 0.1) is 0 Å². The van der Waals surface area contributed by atoms with Gasteiger partial charge in [0.1, 0.15) is 0 Å². The molecule has 1 aliphatic carbocycles. The molecule has 1 saturated carbocycles. The summed E-state index contributed by atoms with van der Waals surface area (Å²) in [6.45, 7) is 7.79. The molecule has 3 N–H and O–H groups in total. The van der Waals surface area contributed by atoms with Crippen molar-refractivity contribution < 1.29 is 5.11 Å². The van der Waals surface area contributed by atoms with E-state index in [4.69, 9.17) is 10.8 Å². The van der Waals surface area contributed by atoms with Gasteiger partial charge in [0.15, 0.2) is 0 Å². The summed E-state index contributed by atoms with van der Waals surface area (Å²) in [7, 11) is 0. The lowest BCUT2D eigenvalue weighted by atomic mass is 10.0. The first-order chi connectivity index (χ1) is 8.61.